The van der Waals surface area contributed by atoms with Crippen molar-refractivity contribution in [1.29, 1.82) is 0 Å². The third-order valence-electron chi connectivity index (χ3n) is 4.09. The molecule has 0 aliphatic carbocycles. The molecule has 2 heterocycles. The lowest BCUT2D eigenvalue weighted by molar-refractivity contribution is -0.121. The fraction of sp³-hybridized carbons (Fsp3) is 0.316. The SMILES string of the molecule is Cc1ccc2c(CC(=O)NC(C)c3cc(C)oc3C)coc2c1. The average Bonchev–Trinajstić information content (AvgIpc) is 3.01. The van der Waals surface area contributed by atoms with Gasteiger partial charge in [-0.3, -0.25) is 4.79 Å². The first kappa shape index (κ1) is 15.4. The van der Waals surface area contributed by atoms with Crippen molar-refractivity contribution in [2.75, 3.05) is 0 Å². The minimum absolute atomic E-state index is 0.0287. The van der Waals surface area contributed by atoms with Crippen LogP contribution in [0.15, 0.2) is 39.4 Å². The molecule has 1 atom stereocenters. The van der Waals surface area contributed by atoms with Crippen LogP contribution in [0.3, 0.4) is 0 Å². The lowest BCUT2D eigenvalue weighted by atomic mass is 10.1. The molecule has 0 aliphatic heterocycles. The van der Waals surface area contributed by atoms with Crippen molar-refractivity contribution in [2.45, 2.75) is 40.2 Å². The van der Waals surface area contributed by atoms with Crippen LogP contribution >= 0.6 is 0 Å². The molecule has 0 saturated carbocycles. The molecular formula is C19H21NO3. The van der Waals surface area contributed by atoms with Crippen molar-refractivity contribution in [3.05, 3.63) is 58.7 Å². The topological polar surface area (TPSA) is 55.4 Å². The predicted octanol–water partition coefficient (Wildman–Crippen LogP) is 4.37. The maximum absolute atomic E-state index is 12.3. The molecule has 2 aromatic heterocycles. The molecule has 23 heavy (non-hydrogen) atoms. The first-order chi connectivity index (χ1) is 10.9. The number of furan rings is 2. The molecule has 1 aromatic carbocycles. The number of aryl methyl sites for hydroxylation is 3. The maximum Gasteiger partial charge on any atom is 0.225 e. The molecule has 0 bridgehead atoms. The predicted molar refractivity (Wildman–Crippen MR) is 89.4 cm³/mol. The number of fused-ring (bicyclic) bond motifs is 1. The van der Waals surface area contributed by atoms with Gasteiger partial charge in [0.05, 0.1) is 18.7 Å². The molecule has 0 saturated heterocycles. The van der Waals surface area contributed by atoms with E-state index >= 15 is 0 Å². The van der Waals surface area contributed by atoms with Crippen LogP contribution in [0.1, 0.15) is 41.2 Å². The third kappa shape index (κ3) is 3.16. The fourth-order valence-electron chi connectivity index (χ4n) is 2.95. The molecule has 1 amide bonds. The molecule has 0 aliphatic rings. The second kappa shape index (κ2) is 5.95. The molecule has 0 spiro atoms. The number of benzene rings is 1. The van der Waals surface area contributed by atoms with Gasteiger partial charge in [-0.15, -0.1) is 0 Å². The summed E-state index contributed by atoms with van der Waals surface area (Å²) in [6.07, 6.45) is 1.97. The molecule has 0 radical (unpaired) electrons. The van der Waals surface area contributed by atoms with E-state index in [-0.39, 0.29) is 11.9 Å². The second-order valence-corrected chi connectivity index (χ2v) is 6.10. The highest BCUT2D eigenvalue weighted by molar-refractivity contribution is 5.88. The number of rotatable bonds is 4. The molecule has 3 rings (SSSR count). The quantitative estimate of drug-likeness (QED) is 0.778. The van der Waals surface area contributed by atoms with Crippen LogP contribution in [0.4, 0.5) is 0 Å². The molecule has 120 valence electrons. The number of hydrogen-bond acceptors (Lipinski definition) is 3. The summed E-state index contributed by atoms with van der Waals surface area (Å²) in [5, 5.41) is 4.02. The van der Waals surface area contributed by atoms with E-state index in [2.05, 4.69) is 5.32 Å². The van der Waals surface area contributed by atoms with Gasteiger partial charge in [-0.25, -0.2) is 0 Å². The normalized spacial score (nSPS) is 12.5. The van der Waals surface area contributed by atoms with Crippen LogP contribution in [0.25, 0.3) is 11.0 Å². The van der Waals surface area contributed by atoms with Gasteiger partial charge in [0.1, 0.15) is 17.1 Å². The highest BCUT2D eigenvalue weighted by Crippen LogP contribution is 2.24. The summed E-state index contributed by atoms with van der Waals surface area (Å²) >= 11 is 0. The summed E-state index contributed by atoms with van der Waals surface area (Å²) < 4.78 is 11.1. The number of nitrogens with one attached hydrogen (secondary N) is 1. The summed E-state index contributed by atoms with van der Waals surface area (Å²) in [7, 11) is 0. The van der Waals surface area contributed by atoms with Gasteiger partial charge in [0.2, 0.25) is 5.91 Å². The van der Waals surface area contributed by atoms with E-state index in [0.29, 0.717) is 6.42 Å². The van der Waals surface area contributed by atoms with Gasteiger partial charge in [-0.05, 0) is 45.4 Å². The lowest BCUT2D eigenvalue weighted by Gasteiger charge is -2.13. The first-order valence-corrected chi connectivity index (χ1v) is 7.77. The molecular weight excluding hydrogens is 290 g/mol. The third-order valence-corrected chi connectivity index (χ3v) is 4.09. The standard InChI is InChI=1S/C19H21NO3/c1-11-5-6-16-15(10-22-18(16)7-11)9-19(21)20-13(3)17-8-12(2)23-14(17)4/h5-8,10,13H,9H2,1-4H3,(H,20,21). The van der Waals surface area contributed by atoms with E-state index in [1.54, 1.807) is 6.26 Å². The van der Waals surface area contributed by atoms with E-state index in [0.717, 1.165) is 39.2 Å². The Balaban J connectivity index is 1.72. The van der Waals surface area contributed by atoms with Gasteiger partial charge in [0.15, 0.2) is 0 Å². The molecule has 3 aromatic rings. The van der Waals surface area contributed by atoms with E-state index in [9.17, 15) is 4.79 Å². The zero-order valence-electron chi connectivity index (χ0n) is 13.9. The maximum atomic E-state index is 12.3. The van der Waals surface area contributed by atoms with Crippen molar-refractivity contribution in [1.82, 2.24) is 5.32 Å². The zero-order chi connectivity index (χ0) is 16.6. The Morgan fingerprint density at radius 3 is 2.70 bits per heavy atom. The molecule has 4 nitrogen and oxygen atoms in total. The van der Waals surface area contributed by atoms with Crippen LogP contribution in [0.2, 0.25) is 0 Å². The molecule has 1 unspecified atom stereocenters. The Bertz CT molecular complexity index is 857. The van der Waals surface area contributed by atoms with Crippen LogP contribution in [0, 0.1) is 20.8 Å². The Morgan fingerprint density at radius 1 is 1.22 bits per heavy atom. The Hall–Kier alpha value is -2.49. The fourth-order valence-corrected chi connectivity index (χ4v) is 2.95. The smallest absolute Gasteiger partial charge is 0.225 e. The molecule has 0 fully saturated rings. The minimum Gasteiger partial charge on any atom is -0.466 e. The zero-order valence-corrected chi connectivity index (χ0v) is 13.9. The van der Waals surface area contributed by atoms with Crippen molar-refractivity contribution < 1.29 is 13.6 Å². The van der Waals surface area contributed by atoms with Gasteiger partial charge < -0.3 is 14.2 Å². The van der Waals surface area contributed by atoms with Crippen molar-refractivity contribution in [3.8, 4) is 0 Å². The second-order valence-electron chi connectivity index (χ2n) is 6.10. The number of amides is 1. The van der Waals surface area contributed by atoms with E-state index in [1.165, 1.54) is 0 Å². The van der Waals surface area contributed by atoms with Gasteiger partial charge in [0, 0.05) is 16.5 Å². The largest absolute Gasteiger partial charge is 0.466 e. The summed E-state index contributed by atoms with van der Waals surface area (Å²) in [4.78, 5) is 12.3. The van der Waals surface area contributed by atoms with Gasteiger partial charge in [0.25, 0.3) is 0 Å². The van der Waals surface area contributed by atoms with E-state index in [1.807, 2.05) is 52.0 Å². The monoisotopic (exact) mass is 311 g/mol. The van der Waals surface area contributed by atoms with Crippen molar-refractivity contribution in [3.63, 3.8) is 0 Å². The molecule has 4 heteroatoms. The Labute approximate surface area is 135 Å². The summed E-state index contributed by atoms with van der Waals surface area (Å²) in [5.41, 5.74) is 3.89. The van der Waals surface area contributed by atoms with Crippen LogP contribution in [-0.2, 0) is 11.2 Å². The number of hydrogen-bond donors (Lipinski definition) is 1. The van der Waals surface area contributed by atoms with Crippen LogP contribution < -0.4 is 5.32 Å². The van der Waals surface area contributed by atoms with Gasteiger partial charge in [-0.1, -0.05) is 12.1 Å². The van der Waals surface area contributed by atoms with Crippen molar-refractivity contribution in [2.24, 2.45) is 0 Å². The van der Waals surface area contributed by atoms with Crippen molar-refractivity contribution >= 4 is 16.9 Å². The van der Waals surface area contributed by atoms with E-state index in [4.69, 9.17) is 8.83 Å². The van der Waals surface area contributed by atoms with E-state index < -0.39 is 0 Å². The number of carbonyl (C=O) groups excluding carboxylic acids is 1. The van der Waals surface area contributed by atoms with Crippen LogP contribution in [-0.4, -0.2) is 5.91 Å². The van der Waals surface area contributed by atoms with Gasteiger partial charge in [-0.2, -0.15) is 0 Å². The highest BCUT2D eigenvalue weighted by atomic mass is 16.3. The average molecular weight is 311 g/mol. The summed E-state index contributed by atoms with van der Waals surface area (Å²) in [6.45, 7) is 7.80. The molecule has 1 N–H and O–H groups in total. The lowest BCUT2D eigenvalue weighted by Crippen LogP contribution is -2.28. The number of carbonyl (C=O) groups is 1. The minimum atomic E-state index is -0.0830. The highest BCUT2D eigenvalue weighted by Gasteiger charge is 2.16. The Morgan fingerprint density at radius 2 is 2.00 bits per heavy atom. The summed E-state index contributed by atoms with van der Waals surface area (Å²) in [5.74, 6) is 1.67. The summed E-state index contributed by atoms with van der Waals surface area (Å²) in [6, 6.07) is 7.90. The Kier molecular flexibility index (Phi) is 3.99. The van der Waals surface area contributed by atoms with Crippen LogP contribution in [0.5, 0.6) is 0 Å². The first-order valence-electron chi connectivity index (χ1n) is 7.77. The van der Waals surface area contributed by atoms with Gasteiger partial charge >= 0.3 is 0 Å².